The molecule has 1 heterocycles. The van der Waals surface area contributed by atoms with Crippen molar-refractivity contribution in [1.82, 2.24) is 15.2 Å². The first kappa shape index (κ1) is 23.3. The summed E-state index contributed by atoms with van der Waals surface area (Å²) in [5, 5.41) is 9.54. The average molecular weight is 446 g/mol. The van der Waals surface area contributed by atoms with E-state index in [1.54, 1.807) is 18.2 Å². The van der Waals surface area contributed by atoms with Gasteiger partial charge in [0, 0.05) is 17.3 Å². The monoisotopic (exact) mass is 445 g/mol. The third-order valence-electron chi connectivity index (χ3n) is 4.21. The number of aldehydes is 1. The minimum absolute atomic E-state index is 0.145. The quantitative estimate of drug-likeness (QED) is 0.327. The summed E-state index contributed by atoms with van der Waals surface area (Å²) in [5.74, 6) is 2.21. The van der Waals surface area contributed by atoms with Crippen LogP contribution in [0.3, 0.4) is 0 Å². The van der Waals surface area contributed by atoms with Gasteiger partial charge in [0.15, 0.2) is 0 Å². The Hall–Kier alpha value is -4.33. The Morgan fingerprint density at radius 1 is 1.00 bits per heavy atom. The van der Waals surface area contributed by atoms with Gasteiger partial charge in [0.25, 0.3) is 0 Å². The normalized spacial score (nSPS) is 10.2. The molecule has 0 aliphatic carbocycles. The van der Waals surface area contributed by atoms with Crippen molar-refractivity contribution in [2.24, 2.45) is 0 Å². The van der Waals surface area contributed by atoms with Gasteiger partial charge in [0.05, 0.1) is 6.10 Å². The average Bonchev–Trinajstić information content (AvgIpc) is 3.23. The molecule has 0 spiro atoms. The SMILES string of the molecule is CC(C)Oc1cccc(C=O)c1.Nc1nc(Nc2cccc(OCc3ccccc3)c2)n[nH]1. The molecule has 0 bridgehead atoms. The molecule has 3 aromatic carbocycles. The standard InChI is InChI=1S/C15H15N5O.C10H12O2/c16-14-18-15(20-19-14)17-12-7-4-8-13(9-12)21-10-11-5-2-1-3-6-11;1-8(2)12-10-5-3-4-9(6-10)7-11/h1-9H,10H2,(H4,16,17,18,19,20);3-8H,1-2H3. The summed E-state index contributed by atoms with van der Waals surface area (Å²) in [5.41, 5.74) is 8.08. The van der Waals surface area contributed by atoms with Crippen LogP contribution in [-0.2, 0) is 6.61 Å². The summed E-state index contributed by atoms with van der Waals surface area (Å²) in [6, 6.07) is 24.7. The van der Waals surface area contributed by atoms with Crippen LogP contribution in [0.2, 0.25) is 0 Å². The molecular formula is C25H27N5O3. The summed E-state index contributed by atoms with van der Waals surface area (Å²) >= 11 is 0. The van der Waals surface area contributed by atoms with Gasteiger partial charge in [-0.15, -0.1) is 5.10 Å². The summed E-state index contributed by atoms with van der Waals surface area (Å²) in [7, 11) is 0. The Morgan fingerprint density at radius 3 is 2.45 bits per heavy atom. The Labute approximate surface area is 192 Å². The van der Waals surface area contributed by atoms with Crippen LogP contribution in [0.25, 0.3) is 0 Å². The number of hydrogen-bond acceptors (Lipinski definition) is 7. The van der Waals surface area contributed by atoms with Gasteiger partial charge < -0.3 is 20.5 Å². The zero-order chi connectivity index (χ0) is 23.5. The van der Waals surface area contributed by atoms with Gasteiger partial charge >= 0.3 is 0 Å². The van der Waals surface area contributed by atoms with Crippen molar-refractivity contribution in [2.45, 2.75) is 26.6 Å². The van der Waals surface area contributed by atoms with Crippen molar-refractivity contribution in [3.8, 4) is 11.5 Å². The first-order valence-electron chi connectivity index (χ1n) is 10.5. The van der Waals surface area contributed by atoms with E-state index in [1.807, 2.05) is 74.5 Å². The second-order valence-corrected chi connectivity index (χ2v) is 7.33. The Kier molecular flexibility index (Phi) is 8.41. The number of nitrogens with two attached hydrogens (primary N) is 1. The van der Waals surface area contributed by atoms with Crippen molar-refractivity contribution < 1.29 is 14.3 Å². The van der Waals surface area contributed by atoms with Crippen molar-refractivity contribution in [3.63, 3.8) is 0 Å². The van der Waals surface area contributed by atoms with E-state index in [4.69, 9.17) is 15.2 Å². The number of hydrogen-bond donors (Lipinski definition) is 3. The molecular weight excluding hydrogens is 418 g/mol. The lowest BCUT2D eigenvalue weighted by molar-refractivity contribution is 0.112. The zero-order valence-corrected chi connectivity index (χ0v) is 18.6. The minimum Gasteiger partial charge on any atom is -0.491 e. The molecule has 4 N–H and O–H groups in total. The molecule has 170 valence electrons. The number of anilines is 3. The highest BCUT2D eigenvalue weighted by atomic mass is 16.5. The molecule has 1 aromatic heterocycles. The van der Waals surface area contributed by atoms with Crippen LogP contribution in [-0.4, -0.2) is 27.6 Å². The molecule has 0 saturated heterocycles. The summed E-state index contributed by atoms with van der Waals surface area (Å²) in [6.45, 7) is 4.43. The summed E-state index contributed by atoms with van der Waals surface area (Å²) < 4.78 is 11.2. The maximum Gasteiger partial charge on any atom is 0.248 e. The summed E-state index contributed by atoms with van der Waals surface area (Å²) in [6.07, 6.45) is 0.958. The van der Waals surface area contributed by atoms with Crippen LogP contribution >= 0.6 is 0 Å². The van der Waals surface area contributed by atoms with Crippen LogP contribution in [0.15, 0.2) is 78.9 Å². The highest BCUT2D eigenvalue weighted by molar-refractivity contribution is 5.75. The second-order valence-electron chi connectivity index (χ2n) is 7.33. The van der Waals surface area contributed by atoms with Gasteiger partial charge in [-0.05, 0) is 43.7 Å². The predicted molar refractivity (Wildman–Crippen MR) is 129 cm³/mol. The Morgan fingerprint density at radius 2 is 1.76 bits per heavy atom. The molecule has 0 saturated carbocycles. The molecule has 8 nitrogen and oxygen atoms in total. The molecule has 0 aliphatic rings. The van der Waals surface area contributed by atoms with Gasteiger partial charge in [-0.2, -0.15) is 4.98 Å². The van der Waals surface area contributed by atoms with E-state index in [0.29, 0.717) is 18.1 Å². The molecule has 8 heteroatoms. The third kappa shape index (κ3) is 8.02. The van der Waals surface area contributed by atoms with Crippen LogP contribution < -0.4 is 20.5 Å². The first-order valence-corrected chi connectivity index (χ1v) is 10.5. The fraction of sp³-hybridized carbons (Fsp3) is 0.160. The second kappa shape index (κ2) is 11.9. The topological polar surface area (TPSA) is 115 Å². The molecule has 0 unspecified atom stereocenters. The Bertz CT molecular complexity index is 1150. The maximum atomic E-state index is 10.4. The van der Waals surface area contributed by atoms with Gasteiger partial charge in [-0.25, -0.2) is 5.10 Å². The van der Waals surface area contributed by atoms with Crippen LogP contribution in [0, 0.1) is 0 Å². The largest absolute Gasteiger partial charge is 0.491 e. The van der Waals surface area contributed by atoms with E-state index in [9.17, 15) is 4.79 Å². The van der Waals surface area contributed by atoms with Crippen molar-refractivity contribution in [1.29, 1.82) is 0 Å². The van der Waals surface area contributed by atoms with E-state index in [1.165, 1.54) is 0 Å². The van der Waals surface area contributed by atoms with Gasteiger partial charge in [-0.3, -0.25) is 4.79 Å². The van der Waals surface area contributed by atoms with E-state index in [2.05, 4.69) is 20.5 Å². The lowest BCUT2D eigenvalue weighted by Gasteiger charge is -2.08. The van der Waals surface area contributed by atoms with Crippen LogP contribution in [0.4, 0.5) is 17.6 Å². The van der Waals surface area contributed by atoms with Crippen molar-refractivity contribution in [3.05, 3.63) is 90.0 Å². The molecule has 0 aliphatic heterocycles. The molecule has 0 fully saturated rings. The first-order chi connectivity index (χ1) is 16.0. The number of benzene rings is 3. The van der Waals surface area contributed by atoms with Crippen LogP contribution in [0.1, 0.15) is 29.8 Å². The van der Waals surface area contributed by atoms with E-state index < -0.39 is 0 Å². The van der Waals surface area contributed by atoms with Crippen LogP contribution in [0.5, 0.6) is 11.5 Å². The molecule has 0 atom stereocenters. The predicted octanol–water partition coefficient (Wildman–Crippen LogP) is 5.00. The smallest absolute Gasteiger partial charge is 0.248 e. The minimum atomic E-state index is 0.145. The number of carbonyl (C=O) groups is 1. The Balaban J connectivity index is 0.000000218. The number of aromatic nitrogens is 3. The number of ether oxygens (including phenoxy) is 2. The highest BCUT2D eigenvalue weighted by Gasteiger charge is 2.02. The number of nitrogens with zero attached hydrogens (tertiary/aromatic N) is 2. The van der Waals surface area contributed by atoms with Gasteiger partial charge in [-0.1, -0.05) is 48.5 Å². The maximum absolute atomic E-state index is 10.4. The highest BCUT2D eigenvalue weighted by Crippen LogP contribution is 2.21. The lowest BCUT2D eigenvalue weighted by Crippen LogP contribution is -2.05. The van der Waals surface area contributed by atoms with Crippen molar-refractivity contribution in [2.75, 3.05) is 11.1 Å². The number of H-pyrrole nitrogens is 1. The van der Waals surface area contributed by atoms with Gasteiger partial charge in [0.2, 0.25) is 11.9 Å². The molecule has 0 radical (unpaired) electrons. The summed E-state index contributed by atoms with van der Waals surface area (Å²) in [4.78, 5) is 14.4. The number of aromatic amines is 1. The number of nitrogens with one attached hydrogen (secondary N) is 2. The molecule has 33 heavy (non-hydrogen) atoms. The number of nitrogen functional groups attached to an aromatic ring is 1. The van der Waals surface area contributed by atoms with E-state index >= 15 is 0 Å². The lowest BCUT2D eigenvalue weighted by atomic mass is 10.2. The fourth-order valence-corrected chi connectivity index (χ4v) is 2.80. The number of carbonyl (C=O) groups excluding carboxylic acids is 1. The van der Waals surface area contributed by atoms with Crippen molar-refractivity contribution >= 4 is 23.9 Å². The molecule has 4 rings (SSSR count). The van der Waals surface area contributed by atoms with E-state index in [0.717, 1.165) is 29.0 Å². The number of rotatable bonds is 8. The zero-order valence-electron chi connectivity index (χ0n) is 18.6. The third-order valence-corrected chi connectivity index (χ3v) is 4.21. The van der Waals surface area contributed by atoms with Gasteiger partial charge in [0.1, 0.15) is 24.4 Å². The molecule has 4 aromatic rings. The fourth-order valence-electron chi connectivity index (χ4n) is 2.80. The molecule has 0 amide bonds. The van der Waals surface area contributed by atoms with E-state index in [-0.39, 0.29) is 12.1 Å².